The van der Waals surface area contributed by atoms with Gasteiger partial charge in [0, 0.05) is 0 Å². The summed E-state index contributed by atoms with van der Waals surface area (Å²) in [5.74, 6) is -1.44. The number of hydrogen-bond donors (Lipinski definition) is 10. The summed E-state index contributed by atoms with van der Waals surface area (Å²) in [6, 6.07) is 19.0. The Kier molecular flexibility index (Phi) is 18.2. The second kappa shape index (κ2) is 24.9. The van der Waals surface area contributed by atoms with E-state index in [-0.39, 0.29) is 45.1 Å². The molecule has 34 nitrogen and oxygen atoms in total. The van der Waals surface area contributed by atoms with E-state index in [4.69, 9.17) is 9.47 Å². The third kappa shape index (κ3) is 16.2. The number of carbonyl (C=O) groups is 2. The van der Waals surface area contributed by atoms with Crippen LogP contribution in [0.5, 0.6) is 23.5 Å². The highest BCUT2D eigenvalue weighted by molar-refractivity contribution is 7.87. The van der Waals surface area contributed by atoms with Crippen LogP contribution in [0.15, 0.2) is 171 Å². The predicted molar refractivity (Wildman–Crippen MR) is 296 cm³/mol. The van der Waals surface area contributed by atoms with Crippen LogP contribution >= 0.6 is 0 Å². The van der Waals surface area contributed by atoms with Gasteiger partial charge in [0.15, 0.2) is 0 Å². The van der Waals surface area contributed by atoms with Gasteiger partial charge >= 0.3 is 24.0 Å². The molecule has 0 fully saturated rings. The minimum atomic E-state index is -5.24. The highest BCUT2D eigenvalue weighted by Crippen LogP contribution is 2.31. The molecular weight excluding hydrogens is 1290 g/mol. The standard InChI is InChI=1S/C48H38N10O24S6/c1-79-41(59)27-7-13-31(14-8-27)81-47-55-43(53-45(57-47)51-35-23-33(83(61,62)63)17-19-37(35)85(67,68)69)49-29-11-5-25(39(21-29)87(73,74)75)3-4-26-6-12-30(22-40(26)88(76,77)78)50-44-54-46(52-36-24-34(84(64,65)66)18-20-38(36)86(70,71)72)58-48(56-44)82-32-15-9-28(10-16-32)42(60)80-2/h3-24H,1-2H3,(H,61,62,63)(H,64,65,66)(H,67,68,69)(H,70,71,72)(H,73,74,75)(H,76,77,78)(H2,49,51,53,55,57)(H2,50,52,54,56,58)/b4-3+. The third-order valence-electron chi connectivity index (χ3n) is 11.2. The maximum Gasteiger partial charge on any atom is 0.337 e. The van der Waals surface area contributed by atoms with Crippen molar-refractivity contribution < 1.29 is 106 Å². The number of hydrogen-bond acceptors (Lipinski definition) is 24. The minimum absolute atomic E-state index is 0.0146. The van der Waals surface area contributed by atoms with Crippen LogP contribution < -0.4 is 31.9 Å². The molecule has 0 bridgehead atoms. The van der Waals surface area contributed by atoms with Gasteiger partial charge in [0.05, 0.1) is 57.9 Å². The number of H-pyrrole nitrogens is 4. The van der Waals surface area contributed by atoms with Gasteiger partial charge in [-0.2, -0.15) is 60.5 Å². The predicted octanol–water partition coefficient (Wildman–Crippen LogP) is 3.53. The van der Waals surface area contributed by atoms with Crippen molar-refractivity contribution in [2.24, 2.45) is 20.0 Å². The molecular formula is C48H38N10O24S6. The first kappa shape index (κ1) is 64.3. The van der Waals surface area contributed by atoms with Crippen molar-refractivity contribution in [2.75, 3.05) is 14.2 Å². The molecule has 8 rings (SSSR count). The molecule has 0 unspecified atom stereocenters. The number of nitrogens with zero attached hydrogens (tertiary/aromatic N) is 6. The van der Waals surface area contributed by atoms with Crippen molar-refractivity contribution in [3.05, 3.63) is 166 Å². The van der Waals surface area contributed by atoms with E-state index >= 15 is 0 Å². The summed E-state index contributed by atoms with van der Waals surface area (Å²) in [6.45, 7) is 0. The number of methoxy groups -OCH3 is 2. The van der Waals surface area contributed by atoms with Gasteiger partial charge < -0.3 is 18.9 Å². The van der Waals surface area contributed by atoms with Crippen LogP contribution in [0.2, 0.25) is 0 Å². The Bertz CT molecular complexity index is 4900. The fourth-order valence-corrected chi connectivity index (χ4v) is 11.0. The normalized spacial score (nSPS) is 13.4. The monoisotopic (exact) mass is 1330 g/mol. The number of aromatic nitrogens is 6. The van der Waals surface area contributed by atoms with Gasteiger partial charge in [0.25, 0.3) is 60.7 Å². The van der Waals surface area contributed by atoms with Crippen molar-refractivity contribution in [2.45, 2.75) is 29.4 Å². The van der Waals surface area contributed by atoms with Gasteiger partial charge in [0.1, 0.15) is 31.1 Å². The maximum atomic E-state index is 12.9. The lowest BCUT2D eigenvalue weighted by molar-refractivity contribution is 0.0592. The molecule has 2 aromatic heterocycles. The largest absolute Gasteiger partial charge is 0.465 e. The van der Waals surface area contributed by atoms with Crippen LogP contribution in [0.1, 0.15) is 31.8 Å². The van der Waals surface area contributed by atoms with Gasteiger partial charge in [0.2, 0.25) is 22.5 Å². The first-order chi connectivity index (χ1) is 41.0. The molecule has 2 heterocycles. The molecule has 460 valence electrons. The molecule has 0 radical (unpaired) electrons. The highest BCUT2D eigenvalue weighted by atomic mass is 32.2. The summed E-state index contributed by atoms with van der Waals surface area (Å²) >= 11 is 0. The molecule has 0 saturated heterocycles. The van der Waals surface area contributed by atoms with Crippen LogP contribution in [0.3, 0.4) is 0 Å². The third-order valence-corrected chi connectivity index (χ3v) is 16.6. The molecule has 40 heteroatoms. The first-order valence-corrected chi connectivity index (χ1v) is 32.1. The summed E-state index contributed by atoms with van der Waals surface area (Å²) in [5.41, 5.74) is -4.95. The Morgan fingerprint density at radius 3 is 1.06 bits per heavy atom. The van der Waals surface area contributed by atoms with E-state index in [0.29, 0.717) is 36.4 Å². The van der Waals surface area contributed by atoms with Gasteiger partial charge in [-0.15, -0.1) is 0 Å². The van der Waals surface area contributed by atoms with Crippen molar-refractivity contribution >= 4 is 108 Å². The van der Waals surface area contributed by atoms with E-state index in [2.05, 4.69) is 59.3 Å². The van der Waals surface area contributed by atoms with E-state index in [1.807, 2.05) is 0 Å². The Hall–Kier alpha value is -9.72. The lowest BCUT2D eigenvalue weighted by Crippen LogP contribution is -2.27. The molecule has 0 atom stereocenters. The van der Waals surface area contributed by atoms with E-state index in [0.717, 1.165) is 62.8 Å². The molecule has 0 saturated carbocycles. The topological polar surface area (TPSA) is 536 Å². The van der Waals surface area contributed by atoms with E-state index in [9.17, 15) is 87.4 Å². The van der Waals surface area contributed by atoms with Crippen LogP contribution in [0.4, 0.5) is 22.7 Å². The quantitative estimate of drug-likeness (QED) is 0.0334. The molecule has 6 aromatic carbocycles. The van der Waals surface area contributed by atoms with Crippen molar-refractivity contribution in [1.29, 1.82) is 0 Å². The number of benzene rings is 6. The fraction of sp³-hybridized carbons (Fsp3) is 0.0417. The average Bonchev–Trinajstić information content (AvgIpc) is 2.15. The zero-order chi connectivity index (χ0) is 64.3. The van der Waals surface area contributed by atoms with Gasteiger partial charge in [-0.3, -0.25) is 47.3 Å². The zero-order valence-corrected chi connectivity index (χ0v) is 48.8. The number of ether oxygens (including phenoxy) is 4. The molecule has 0 aliphatic rings. The van der Waals surface area contributed by atoms with E-state index in [1.165, 1.54) is 48.5 Å². The molecule has 10 N–H and O–H groups in total. The summed E-state index contributed by atoms with van der Waals surface area (Å²) in [5, 5.41) is 0. The first-order valence-electron chi connectivity index (χ1n) is 23.5. The van der Waals surface area contributed by atoms with Crippen LogP contribution in [0.25, 0.3) is 12.2 Å². The Morgan fingerprint density at radius 2 is 0.750 bits per heavy atom. The summed E-state index contributed by atoms with van der Waals surface area (Å²) in [6.07, 6.45) is 1.99. The Labute approximate surface area is 494 Å². The van der Waals surface area contributed by atoms with E-state index in [1.54, 1.807) is 0 Å². The lowest BCUT2D eigenvalue weighted by Gasteiger charge is -2.08. The molecule has 0 aliphatic heterocycles. The Morgan fingerprint density at radius 1 is 0.409 bits per heavy atom. The Balaban J connectivity index is 1.22. The van der Waals surface area contributed by atoms with Gasteiger partial charge in [-0.25, -0.2) is 29.6 Å². The smallest absolute Gasteiger partial charge is 0.337 e. The number of aromatic amines is 4. The fourth-order valence-electron chi connectivity index (χ4n) is 7.37. The highest BCUT2D eigenvalue weighted by Gasteiger charge is 2.23. The van der Waals surface area contributed by atoms with Crippen LogP contribution in [-0.4, -0.2) is 134 Å². The number of rotatable bonds is 18. The molecule has 0 aliphatic carbocycles. The van der Waals surface area contributed by atoms with Gasteiger partial charge in [-0.1, -0.05) is 24.3 Å². The summed E-state index contributed by atoms with van der Waals surface area (Å²) in [7, 11) is -28.5. The summed E-state index contributed by atoms with van der Waals surface area (Å²) in [4.78, 5) is 53.5. The molecule has 8 aromatic rings. The van der Waals surface area contributed by atoms with Crippen LogP contribution in [0, 0.1) is 0 Å². The molecule has 0 amide bonds. The number of carbonyl (C=O) groups excluding carboxylic acids is 2. The molecule has 88 heavy (non-hydrogen) atoms. The average molecular weight is 1330 g/mol. The minimum Gasteiger partial charge on any atom is -0.465 e. The second-order valence-electron chi connectivity index (χ2n) is 17.2. The maximum absolute atomic E-state index is 12.9. The van der Waals surface area contributed by atoms with Crippen molar-refractivity contribution in [1.82, 2.24) is 29.9 Å². The molecule has 0 spiro atoms. The number of nitrogens with one attached hydrogen (secondary N) is 4. The van der Waals surface area contributed by atoms with Crippen LogP contribution in [-0.2, 0) is 70.2 Å². The SMILES string of the molecule is COC(=O)c1ccc(Oc2nc(=Nc3ccc(/C=C/c4ccc(N=c5nc(Oc6ccc(C(=O)OC)cc6)[nH]c(=Nc6cc(S(=O)(=O)O)ccc6S(=O)(=O)O)[nH]5)cc4S(=O)(=O)O)c(S(=O)(=O)O)c3)[nH]c(=Nc3cc(S(=O)(=O)O)ccc3S(=O)(=O)O)[nH]2)cc1. The lowest BCUT2D eigenvalue weighted by atomic mass is 10.1. The van der Waals surface area contributed by atoms with E-state index < -0.39 is 148 Å². The number of esters is 2. The summed E-state index contributed by atoms with van der Waals surface area (Å²) < 4.78 is 230. The second-order valence-corrected chi connectivity index (χ2v) is 25.7. The van der Waals surface area contributed by atoms with Gasteiger partial charge in [-0.05, 0) is 120 Å². The van der Waals surface area contributed by atoms with Crippen molar-refractivity contribution in [3.63, 3.8) is 0 Å². The zero-order valence-electron chi connectivity index (χ0n) is 43.9. The van der Waals surface area contributed by atoms with Crippen molar-refractivity contribution in [3.8, 4) is 23.5 Å².